The van der Waals surface area contributed by atoms with Gasteiger partial charge in [-0.05, 0) is 49.8 Å². The quantitative estimate of drug-likeness (QED) is 0.632. The Morgan fingerprint density at radius 1 is 1.12 bits per heavy atom. The van der Waals surface area contributed by atoms with Gasteiger partial charge in [0.1, 0.15) is 8.26 Å². The molecule has 0 unspecified atom stereocenters. The van der Waals surface area contributed by atoms with Crippen LogP contribution in [-0.4, -0.2) is 3.96 Å². The summed E-state index contributed by atoms with van der Waals surface area (Å²) in [6.45, 7) is 3.07. The van der Waals surface area contributed by atoms with Crippen LogP contribution in [0.15, 0.2) is 13.1 Å². The van der Waals surface area contributed by atoms with E-state index in [9.17, 15) is 4.79 Å². The highest BCUT2D eigenvalue weighted by Gasteiger charge is 2.09. The number of hydrogen-bond donors (Lipinski definition) is 0. The molecule has 5 heteroatoms. The Morgan fingerprint density at radius 2 is 1.75 bits per heavy atom. The Bertz CT molecular complexity index is 373. The Kier molecular flexibility index (Phi) is 6.92. The zero-order valence-corrected chi connectivity index (χ0v) is 13.5. The van der Waals surface area contributed by atoms with E-state index in [4.69, 9.17) is 0 Å². The van der Waals surface area contributed by atoms with Crippen LogP contribution in [0.5, 0.6) is 0 Å². The van der Waals surface area contributed by atoms with Crippen molar-refractivity contribution >= 4 is 43.4 Å². The maximum atomic E-state index is 11.7. The predicted octanol–water partition coefficient (Wildman–Crippen LogP) is 4.80. The average molecular weight is 371 g/mol. The third kappa shape index (κ3) is 4.34. The first kappa shape index (κ1) is 14.5. The van der Waals surface area contributed by atoms with Crippen molar-refractivity contribution in [3.63, 3.8) is 0 Å². The molecule has 0 aliphatic carbocycles. The Hall–Kier alpha value is 0.390. The van der Waals surface area contributed by atoms with Crippen molar-refractivity contribution in [2.45, 2.75) is 52.0 Å². The average Bonchev–Trinajstić information content (AvgIpc) is 2.51. The first-order chi connectivity index (χ1) is 7.66. The smallest absolute Gasteiger partial charge is 0.267 e. The highest BCUT2D eigenvalue weighted by Crippen LogP contribution is 2.24. The maximum Gasteiger partial charge on any atom is 0.276 e. The zero-order valence-electron chi connectivity index (χ0n) is 9.47. The van der Waals surface area contributed by atoms with Crippen LogP contribution in [0, 0.1) is 0 Å². The monoisotopic (exact) mass is 369 g/mol. The fraction of sp³-hybridized carbons (Fsp3) is 0.727. The molecule has 1 heterocycles. The van der Waals surface area contributed by atoms with Crippen LogP contribution in [0.3, 0.4) is 0 Å². The van der Waals surface area contributed by atoms with E-state index in [1.54, 1.807) is 0 Å². The van der Waals surface area contributed by atoms with Gasteiger partial charge in [-0.25, -0.2) is 0 Å². The van der Waals surface area contributed by atoms with Crippen LogP contribution in [0.2, 0.25) is 0 Å². The summed E-state index contributed by atoms with van der Waals surface area (Å²) in [6.07, 6.45) is 7.54. The summed E-state index contributed by atoms with van der Waals surface area (Å²) in [5, 5.41) is 0. The molecule has 92 valence electrons. The van der Waals surface area contributed by atoms with Gasteiger partial charge in [-0.3, -0.25) is 8.75 Å². The second-order valence-electron chi connectivity index (χ2n) is 3.85. The number of nitrogens with zero attached hydrogens (tertiary/aromatic N) is 1. The van der Waals surface area contributed by atoms with E-state index in [2.05, 4.69) is 38.8 Å². The lowest BCUT2D eigenvalue weighted by molar-refractivity contribution is 0.568. The van der Waals surface area contributed by atoms with E-state index in [0.717, 1.165) is 16.8 Å². The van der Waals surface area contributed by atoms with E-state index in [-0.39, 0.29) is 5.56 Å². The van der Waals surface area contributed by atoms with Crippen molar-refractivity contribution in [3.05, 3.63) is 18.6 Å². The van der Waals surface area contributed by atoms with Crippen molar-refractivity contribution in [1.82, 2.24) is 3.96 Å². The Balaban J connectivity index is 2.27. The molecule has 0 N–H and O–H groups in total. The molecule has 0 amide bonds. The van der Waals surface area contributed by atoms with Crippen molar-refractivity contribution in [2.75, 3.05) is 0 Å². The first-order valence-electron chi connectivity index (χ1n) is 5.72. The van der Waals surface area contributed by atoms with E-state index in [0.29, 0.717) is 4.47 Å². The van der Waals surface area contributed by atoms with Crippen molar-refractivity contribution < 1.29 is 0 Å². The van der Waals surface area contributed by atoms with Crippen molar-refractivity contribution in [1.29, 1.82) is 0 Å². The molecule has 16 heavy (non-hydrogen) atoms. The van der Waals surface area contributed by atoms with Crippen LogP contribution < -0.4 is 5.56 Å². The fourth-order valence-electron chi connectivity index (χ4n) is 1.55. The number of unbranched alkanes of at least 4 members (excludes halogenated alkanes) is 5. The summed E-state index contributed by atoms with van der Waals surface area (Å²) in [7, 11) is 0. The molecule has 2 nitrogen and oxygen atoms in total. The van der Waals surface area contributed by atoms with Gasteiger partial charge in [0, 0.05) is 6.54 Å². The fourth-order valence-corrected chi connectivity index (χ4v) is 3.55. The van der Waals surface area contributed by atoms with Gasteiger partial charge in [0.2, 0.25) is 0 Å². The lowest BCUT2D eigenvalue weighted by Gasteiger charge is -2.00. The van der Waals surface area contributed by atoms with Crippen molar-refractivity contribution in [3.8, 4) is 0 Å². The van der Waals surface area contributed by atoms with Gasteiger partial charge in [-0.1, -0.05) is 39.0 Å². The predicted molar refractivity (Wildman–Crippen MR) is 77.4 cm³/mol. The van der Waals surface area contributed by atoms with E-state index >= 15 is 0 Å². The molecule has 0 bridgehead atoms. The van der Waals surface area contributed by atoms with Gasteiger partial charge >= 0.3 is 0 Å². The molecular formula is C11H17Br2NOS. The lowest BCUT2D eigenvalue weighted by Crippen LogP contribution is -2.13. The highest BCUT2D eigenvalue weighted by molar-refractivity contribution is 9.13. The van der Waals surface area contributed by atoms with Gasteiger partial charge in [-0.2, -0.15) is 0 Å². The van der Waals surface area contributed by atoms with E-state index in [1.165, 1.54) is 43.6 Å². The molecule has 1 aromatic rings. The number of halogens is 2. The molecule has 0 spiro atoms. The molecule has 0 radical (unpaired) electrons. The second kappa shape index (κ2) is 7.67. The minimum absolute atomic E-state index is 0.0884. The summed E-state index contributed by atoms with van der Waals surface area (Å²) in [5.41, 5.74) is 0.0884. The minimum Gasteiger partial charge on any atom is -0.267 e. The highest BCUT2D eigenvalue weighted by atomic mass is 79.9. The van der Waals surface area contributed by atoms with Crippen LogP contribution >= 0.6 is 43.4 Å². The summed E-state index contributed by atoms with van der Waals surface area (Å²) in [4.78, 5) is 11.7. The molecule has 0 saturated carbocycles. The Labute approximate surface area is 117 Å². The Morgan fingerprint density at radius 3 is 2.31 bits per heavy atom. The van der Waals surface area contributed by atoms with Gasteiger partial charge in [-0.15, -0.1) is 0 Å². The van der Waals surface area contributed by atoms with Gasteiger partial charge in [0.15, 0.2) is 0 Å². The second-order valence-corrected chi connectivity index (χ2v) is 7.00. The normalized spacial score (nSPS) is 10.9. The minimum atomic E-state index is 0.0884. The van der Waals surface area contributed by atoms with E-state index < -0.39 is 0 Å². The summed E-state index contributed by atoms with van der Waals surface area (Å²) >= 11 is 8.12. The van der Waals surface area contributed by atoms with Crippen LogP contribution in [0.1, 0.15) is 45.4 Å². The van der Waals surface area contributed by atoms with E-state index in [1.807, 2.05) is 3.96 Å². The lowest BCUT2D eigenvalue weighted by atomic mass is 10.1. The molecule has 0 fully saturated rings. The van der Waals surface area contributed by atoms with Crippen molar-refractivity contribution in [2.24, 2.45) is 0 Å². The number of hydrogen-bond acceptors (Lipinski definition) is 2. The third-order valence-electron chi connectivity index (χ3n) is 2.49. The molecule has 0 aliphatic heterocycles. The first-order valence-corrected chi connectivity index (χ1v) is 8.08. The van der Waals surface area contributed by atoms with Gasteiger partial charge < -0.3 is 0 Å². The number of rotatable bonds is 7. The SMILES string of the molecule is CCCCCCCCn1sc(Br)c(Br)c1=O. The standard InChI is InChI=1S/C11H17Br2NOS/c1-2-3-4-5-6-7-8-14-11(15)9(12)10(13)16-14/h2-8H2,1H3. The largest absolute Gasteiger partial charge is 0.276 e. The zero-order chi connectivity index (χ0) is 12.0. The number of aromatic nitrogens is 1. The van der Waals surface area contributed by atoms with Crippen LogP contribution in [0.4, 0.5) is 0 Å². The summed E-state index contributed by atoms with van der Waals surface area (Å²) in [6, 6.07) is 0. The summed E-state index contributed by atoms with van der Waals surface area (Å²) < 4.78 is 3.36. The summed E-state index contributed by atoms with van der Waals surface area (Å²) in [5.74, 6) is 0. The van der Waals surface area contributed by atoms with Crippen LogP contribution in [0.25, 0.3) is 0 Å². The molecule has 0 atom stereocenters. The molecular weight excluding hydrogens is 354 g/mol. The topological polar surface area (TPSA) is 22.0 Å². The third-order valence-corrected chi connectivity index (χ3v) is 5.79. The molecule has 0 aromatic carbocycles. The van der Waals surface area contributed by atoms with Gasteiger partial charge in [0.05, 0.1) is 0 Å². The molecule has 0 saturated heterocycles. The van der Waals surface area contributed by atoms with Crippen LogP contribution in [-0.2, 0) is 6.54 Å². The number of aryl methyl sites for hydroxylation is 1. The molecule has 1 rings (SSSR count). The maximum absolute atomic E-state index is 11.7. The van der Waals surface area contributed by atoms with Gasteiger partial charge in [0.25, 0.3) is 5.56 Å². The molecule has 1 aromatic heterocycles. The molecule has 0 aliphatic rings.